The van der Waals surface area contributed by atoms with Gasteiger partial charge < -0.3 is 4.98 Å². The van der Waals surface area contributed by atoms with E-state index < -0.39 is 0 Å². The Labute approximate surface area is 121 Å². The van der Waals surface area contributed by atoms with Crippen molar-refractivity contribution in [1.82, 2.24) is 4.98 Å². The van der Waals surface area contributed by atoms with Crippen molar-refractivity contribution in [2.24, 2.45) is 0 Å². The molecule has 0 saturated carbocycles. The fourth-order valence-corrected chi connectivity index (χ4v) is 2.88. The van der Waals surface area contributed by atoms with Gasteiger partial charge in [0.2, 0.25) is 0 Å². The Hall–Kier alpha value is -2.87. The monoisotopic (exact) mass is 271 g/mol. The van der Waals surface area contributed by atoms with Gasteiger partial charge in [-0.3, -0.25) is 4.79 Å². The molecule has 3 aromatic carbocycles. The molecule has 0 amide bonds. The average Bonchev–Trinajstić information content (AvgIpc) is 2.55. The zero-order valence-electron chi connectivity index (χ0n) is 11.3. The lowest BCUT2D eigenvalue weighted by molar-refractivity contribution is 1.42. The van der Waals surface area contributed by atoms with Crippen LogP contribution in [0.1, 0.15) is 0 Å². The number of rotatable bonds is 1. The number of fused-ring (bicyclic) bond motifs is 3. The Morgan fingerprint density at radius 2 is 1.62 bits per heavy atom. The lowest BCUT2D eigenvalue weighted by Gasteiger charge is -2.08. The summed E-state index contributed by atoms with van der Waals surface area (Å²) >= 11 is 0. The third kappa shape index (κ3) is 1.84. The first kappa shape index (κ1) is 11.9. The van der Waals surface area contributed by atoms with Crippen LogP contribution in [0.5, 0.6) is 0 Å². The molecule has 2 heteroatoms. The van der Waals surface area contributed by atoms with E-state index in [1.165, 1.54) is 0 Å². The number of nitrogens with one attached hydrogen (secondary N) is 1. The largest absolute Gasteiger partial charge is 0.361 e. The molecule has 0 bridgehead atoms. The molecule has 4 rings (SSSR count). The van der Waals surface area contributed by atoms with E-state index in [1.807, 2.05) is 48.7 Å². The van der Waals surface area contributed by atoms with E-state index in [9.17, 15) is 4.79 Å². The van der Waals surface area contributed by atoms with Gasteiger partial charge in [-0.05, 0) is 40.1 Å². The molecule has 4 aromatic rings. The molecule has 1 aromatic heterocycles. The highest BCUT2D eigenvalue weighted by Gasteiger charge is 2.09. The Bertz CT molecular complexity index is 1000. The smallest absolute Gasteiger partial charge is 0.188 e. The Morgan fingerprint density at radius 1 is 0.762 bits per heavy atom. The molecule has 0 aliphatic heterocycles. The number of benzene rings is 3. The highest BCUT2D eigenvalue weighted by Crippen LogP contribution is 2.30. The normalized spacial score (nSPS) is 11.0. The van der Waals surface area contributed by atoms with Gasteiger partial charge in [-0.2, -0.15) is 0 Å². The summed E-state index contributed by atoms with van der Waals surface area (Å²) in [6.07, 6.45) is 1.86. The second-order valence-corrected chi connectivity index (χ2v) is 5.10. The number of hydrogen-bond donors (Lipinski definition) is 1. The van der Waals surface area contributed by atoms with Gasteiger partial charge >= 0.3 is 0 Å². The van der Waals surface area contributed by atoms with E-state index in [2.05, 4.69) is 23.2 Å². The molecule has 0 spiro atoms. The zero-order valence-corrected chi connectivity index (χ0v) is 11.3. The van der Waals surface area contributed by atoms with Crippen molar-refractivity contribution >= 4 is 21.7 Å². The minimum absolute atomic E-state index is 0.0535. The molecule has 21 heavy (non-hydrogen) atoms. The van der Waals surface area contributed by atoms with Crippen molar-refractivity contribution in [3.63, 3.8) is 0 Å². The molecule has 0 atom stereocenters. The van der Waals surface area contributed by atoms with Crippen molar-refractivity contribution in [1.29, 1.82) is 0 Å². The highest BCUT2D eigenvalue weighted by atomic mass is 16.1. The van der Waals surface area contributed by atoms with Crippen LogP contribution in [0.25, 0.3) is 32.8 Å². The summed E-state index contributed by atoms with van der Waals surface area (Å²) in [6.45, 7) is 0. The predicted octanol–water partition coefficient (Wildman–Crippen LogP) is 4.35. The lowest BCUT2D eigenvalue weighted by atomic mass is 9.96. The maximum Gasteiger partial charge on any atom is 0.188 e. The van der Waals surface area contributed by atoms with E-state index in [-0.39, 0.29) is 5.43 Å². The topological polar surface area (TPSA) is 32.9 Å². The minimum atomic E-state index is 0.0535. The Balaban J connectivity index is 2.19. The maximum atomic E-state index is 12.4. The molecule has 0 radical (unpaired) electrons. The van der Waals surface area contributed by atoms with Crippen LogP contribution in [-0.2, 0) is 0 Å². The second kappa shape index (κ2) is 4.60. The van der Waals surface area contributed by atoms with Gasteiger partial charge in [-0.25, -0.2) is 0 Å². The molecule has 0 unspecified atom stereocenters. The van der Waals surface area contributed by atoms with Gasteiger partial charge in [0.15, 0.2) is 5.43 Å². The van der Waals surface area contributed by atoms with Crippen LogP contribution in [-0.4, -0.2) is 4.98 Å². The Morgan fingerprint density at radius 3 is 2.48 bits per heavy atom. The number of aromatic nitrogens is 1. The van der Waals surface area contributed by atoms with Gasteiger partial charge in [0, 0.05) is 6.20 Å². The summed E-state index contributed by atoms with van der Waals surface area (Å²) in [5, 5.41) is 2.80. The molecular weight excluding hydrogens is 258 g/mol. The number of aromatic amines is 1. The van der Waals surface area contributed by atoms with Crippen LogP contribution in [0, 0.1) is 0 Å². The summed E-state index contributed by atoms with van der Waals surface area (Å²) in [5.41, 5.74) is 3.16. The van der Waals surface area contributed by atoms with Crippen molar-refractivity contribution in [2.45, 2.75) is 0 Å². The van der Waals surface area contributed by atoms with Crippen molar-refractivity contribution in [2.75, 3.05) is 0 Å². The van der Waals surface area contributed by atoms with Crippen molar-refractivity contribution < 1.29 is 0 Å². The van der Waals surface area contributed by atoms with Gasteiger partial charge in [0.05, 0.1) is 10.9 Å². The van der Waals surface area contributed by atoms with Crippen LogP contribution in [0.3, 0.4) is 0 Å². The fourth-order valence-electron chi connectivity index (χ4n) is 2.88. The molecule has 1 N–H and O–H groups in total. The summed E-state index contributed by atoms with van der Waals surface area (Å²) in [6, 6.07) is 21.8. The van der Waals surface area contributed by atoms with Crippen molar-refractivity contribution in [3.05, 3.63) is 83.2 Å². The summed E-state index contributed by atoms with van der Waals surface area (Å²) in [5.74, 6) is 0. The second-order valence-electron chi connectivity index (χ2n) is 5.10. The van der Waals surface area contributed by atoms with E-state index in [1.54, 1.807) is 6.07 Å². The first-order valence-electron chi connectivity index (χ1n) is 6.93. The van der Waals surface area contributed by atoms with Gasteiger partial charge in [-0.15, -0.1) is 0 Å². The molecule has 0 fully saturated rings. The zero-order chi connectivity index (χ0) is 14.2. The lowest BCUT2D eigenvalue weighted by Crippen LogP contribution is -2.01. The van der Waals surface area contributed by atoms with Crippen LogP contribution in [0.15, 0.2) is 77.7 Å². The van der Waals surface area contributed by atoms with E-state index in [4.69, 9.17) is 0 Å². The van der Waals surface area contributed by atoms with Crippen LogP contribution in [0.4, 0.5) is 0 Å². The molecular formula is C19H13NO. The molecule has 100 valence electrons. The number of hydrogen-bond acceptors (Lipinski definition) is 1. The number of H-pyrrole nitrogens is 1. The van der Waals surface area contributed by atoms with Crippen LogP contribution < -0.4 is 5.43 Å². The van der Waals surface area contributed by atoms with Gasteiger partial charge in [0.25, 0.3) is 0 Å². The summed E-state index contributed by atoms with van der Waals surface area (Å²) in [4.78, 5) is 15.6. The first-order chi connectivity index (χ1) is 10.3. The Kier molecular flexibility index (Phi) is 2.61. The third-order valence-electron chi connectivity index (χ3n) is 3.86. The maximum absolute atomic E-state index is 12.4. The quantitative estimate of drug-likeness (QED) is 0.513. The van der Waals surface area contributed by atoms with E-state index in [0.717, 1.165) is 32.8 Å². The summed E-state index contributed by atoms with van der Waals surface area (Å²) in [7, 11) is 0. The van der Waals surface area contributed by atoms with Gasteiger partial charge in [-0.1, -0.05) is 48.5 Å². The molecule has 1 heterocycles. The number of pyridine rings is 1. The van der Waals surface area contributed by atoms with Crippen LogP contribution in [0.2, 0.25) is 0 Å². The van der Waals surface area contributed by atoms with Crippen LogP contribution >= 0.6 is 0 Å². The standard InChI is InChI=1S/C19H13NO/c21-17-11-10-15(13-5-2-1-3-6-13)16-9-8-14-7-4-12-20-19(14)18(16)17/h1-12,20H. The van der Waals surface area contributed by atoms with E-state index in [0.29, 0.717) is 0 Å². The summed E-state index contributed by atoms with van der Waals surface area (Å²) < 4.78 is 0. The fraction of sp³-hybridized carbons (Fsp3) is 0. The SMILES string of the molecule is O=c1ccc(-c2ccccc2)c2ccc3ccc[nH]c3c12. The molecule has 0 aliphatic carbocycles. The average molecular weight is 271 g/mol. The molecule has 2 nitrogen and oxygen atoms in total. The third-order valence-corrected chi connectivity index (χ3v) is 3.86. The minimum Gasteiger partial charge on any atom is -0.361 e. The molecule has 0 aliphatic rings. The van der Waals surface area contributed by atoms with E-state index >= 15 is 0 Å². The molecule has 0 saturated heterocycles. The highest BCUT2D eigenvalue weighted by molar-refractivity contribution is 6.10. The van der Waals surface area contributed by atoms with Crippen molar-refractivity contribution in [3.8, 4) is 11.1 Å². The van der Waals surface area contributed by atoms with Gasteiger partial charge in [0.1, 0.15) is 0 Å². The first-order valence-corrected chi connectivity index (χ1v) is 6.93. The predicted molar refractivity (Wildman–Crippen MR) is 87.5 cm³/mol.